The summed E-state index contributed by atoms with van der Waals surface area (Å²) < 4.78 is 0. The van der Waals surface area contributed by atoms with Gasteiger partial charge in [0.15, 0.2) is 0 Å². The Morgan fingerprint density at radius 1 is 1.10 bits per heavy atom. The van der Waals surface area contributed by atoms with Crippen molar-refractivity contribution in [3.05, 3.63) is 48.0 Å². The minimum atomic E-state index is 0.0571. The summed E-state index contributed by atoms with van der Waals surface area (Å²) >= 11 is 0. The third-order valence-corrected chi connectivity index (χ3v) is 4.43. The smallest absolute Gasteiger partial charge is 0.137 e. The summed E-state index contributed by atoms with van der Waals surface area (Å²) in [5, 5.41) is 5.85. The Kier molecular flexibility index (Phi) is 3.83. The highest BCUT2D eigenvalue weighted by molar-refractivity contribution is 5.88. The van der Waals surface area contributed by atoms with Gasteiger partial charge in [-0.25, -0.2) is 0 Å². The minimum absolute atomic E-state index is 0.0571. The van der Waals surface area contributed by atoms with Gasteiger partial charge in [0.05, 0.1) is 0 Å². The lowest BCUT2D eigenvalue weighted by molar-refractivity contribution is -0.119. The van der Waals surface area contributed by atoms with Crippen molar-refractivity contribution in [2.24, 2.45) is 5.92 Å². The molecule has 20 heavy (non-hydrogen) atoms. The van der Waals surface area contributed by atoms with E-state index in [-0.39, 0.29) is 5.92 Å². The van der Waals surface area contributed by atoms with Crippen LogP contribution in [0.3, 0.4) is 0 Å². The summed E-state index contributed by atoms with van der Waals surface area (Å²) in [6, 6.07) is 14.8. The lowest BCUT2D eigenvalue weighted by atomic mass is 9.78. The van der Waals surface area contributed by atoms with Gasteiger partial charge < -0.3 is 5.32 Å². The quantitative estimate of drug-likeness (QED) is 0.922. The Bertz CT molecular complexity index is 614. The van der Waals surface area contributed by atoms with Crippen LogP contribution < -0.4 is 5.32 Å². The largest absolute Gasteiger partial charge is 0.317 e. The van der Waals surface area contributed by atoms with Crippen LogP contribution in [0.15, 0.2) is 42.5 Å². The van der Waals surface area contributed by atoms with Gasteiger partial charge in [-0.1, -0.05) is 42.5 Å². The number of ketones is 1. The molecule has 0 amide bonds. The topological polar surface area (TPSA) is 29.1 Å². The van der Waals surface area contributed by atoms with Gasteiger partial charge in [-0.2, -0.15) is 0 Å². The van der Waals surface area contributed by atoms with Crippen LogP contribution in [-0.4, -0.2) is 18.9 Å². The van der Waals surface area contributed by atoms with Gasteiger partial charge in [0.25, 0.3) is 0 Å². The molecule has 0 aliphatic carbocycles. The number of carbonyl (C=O) groups excluding carboxylic acids is 1. The zero-order valence-electron chi connectivity index (χ0n) is 11.9. The van der Waals surface area contributed by atoms with Gasteiger partial charge in [0.1, 0.15) is 5.78 Å². The molecule has 2 heteroatoms. The molecule has 3 rings (SSSR count). The Balaban J connectivity index is 1.98. The molecule has 1 aliphatic heterocycles. The van der Waals surface area contributed by atoms with Crippen molar-refractivity contribution in [3.8, 4) is 0 Å². The first kappa shape index (κ1) is 13.3. The van der Waals surface area contributed by atoms with E-state index < -0.39 is 0 Å². The zero-order valence-corrected chi connectivity index (χ0v) is 11.9. The number of carbonyl (C=O) groups is 1. The summed E-state index contributed by atoms with van der Waals surface area (Å²) in [7, 11) is 0. The number of hydrogen-bond donors (Lipinski definition) is 1. The molecule has 104 valence electrons. The molecule has 1 saturated heterocycles. The first-order valence-electron chi connectivity index (χ1n) is 7.45. The molecule has 1 fully saturated rings. The molecule has 1 aliphatic rings. The fraction of sp³-hybridized carbons (Fsp3) is 0.389. The fourth-order valence-electron chi connectivity index (χ4n) is 3.42. The first-order chi connectivity index (χ1) is 9.75. The predicted molar refractivity (Wildman–Crippen MR) is 83.0 cm³/mol. The van der Waals surface area contributed by atoms with Crippen LogP contribution in [0.2, 0.25) is 0 Å². The third-order valence-electron chi connectivity index (χ3n) is 4.43. The van der Waals surface area contributed by atoms with Gasteiger partial charge in [-0.3, -0.25) is 4.79 Å². The molecule has 2 nitrogen and oxygen atoms in total. The minimum Gasteiger partial charge on any atom is -0.317 e. The molecule has 0 spiro atoms. The van der Waals surface area contributed by atoms with Gasteiger partial charge in [0, 0.05) is 5.92 Å². The van der Waals surface area contributed by atoms with Crippen LogP contribution in [0.25, 0.3) is 10.8 Å². The van der Waals surface area contributed by atoms with Gasteiger partial charge in [-0.15, -0.1) is 0 Å². The number of nitrogens with one attached hydrogen (secondary N) is 1. The molecule has 1 unspecified atom stereocenters. The average Bonchev–Trinajstić information content (AvgIpc) is 2.48. The van der Waals surface area contributed by atoms with Crippen LogP contribution in [0.1, 0.15) is 31.2 Å². The molecule has 0 bridgehead atoms. The van der Waals surface area contributed by atoms with Crippen molar-refractivity contribution in [1.29, 1.82) is 0 Å². The summed E-state index contributed by atoms with van der Waals surface area (Å²) in [6.45, 7) is 3.80. The van der Waals surface area contributed by atoms with Crippen LogP contribution >= 0.6 is 0 Å². The van der Waals surface area contributed by atoms with Crippen molar-refractivity contribution in [2.45, 2.75) is 25.7 Å². The lowest BCUT2D eigenvalue weighted by Crippen LogP contribution is -2.33. The lowest BCUT2D eigenvalue weighted by Gasteiger charge is -2.29. The van der Waals surface area contributed by atoms with Crippen molar-refractivity contribution in [3.63, 3.8) is 0 Å². The van der Waals surface area contributed by atoms with Crippen LogP contribution in [0, 0.1) is 5.92 Å². The van der Waals surface area contributed by atoms with E-state index in [1.54, 1.807) is 6.92 Å². The van der Waals surface area contributed by atoms with Crippen LogP contribution in [-0.2, 0) is 4.79 Å². The van der Waals surface area contributed by atoms with E-state index in [9.17, 15) is 4.79 Å². The van der Waals surface area contributed by atoms with E-state index >= 15 is 0 Å². The first-order valence-corrected chi connectivity index (χ1v) is 7.45. The van der Waals surface area contributed by atoms with Crippen molar-refractivity contribution in [2.75, 3.05) is 13.1 Å². The van der Waals surface area contributed by atoms with Crippen LogP contribution in [0.5, 0.6) is 0 Å². The highest BCUT2D eigenvalue weighted by Gasteiger charge is 2.28. The molecule has 1 heterocycles. The SMILES string of the molecule is CC(=O)C(c1ccc2ccccc2c1)C1CCNCC1. The second-order valence-electron chi connectivity index (χ2n) is 5.78. The zero-order chi connectivity index (χ0) is 13.9. The number of piperidine rings is 1. The Labute approximate surface area is 120 Å². The maximum atomic E-state index is 12.2. The number of benzene rings is 2. The van der Waals surface area contributed by atoms with Crippen LogP contribution in [0.4, 0.5) is 0 Å². The molecular weight excluding hydrogens is 246 g/mol. The molecule has 1 N–H and O–H groups in total. The standard InChI is InChI=1S/C18H21NO/c1-13(20)18(15-8-10-19-11-9-15)17-7-6-14-4-2-3-5-16(14)12-17/h2-7,12,15,18-19H,8-11H2,1H3. The van der Waals surface area contributed by atoms with Crippen molar-refractivity contribution >= 4 is 16.6 Å². The van der Waals surface area contributed by atoms with Gasteiger partial charge in [0.2, 0.25) is 0 Å². The van der Waals surface area contributed by atoms with E-state index in [0.717, 1.165) is 25.9 Å². The van der Waals surface area contributed by atoms with Crippen molar-refractivity contribution < 1.29 is 4.79 Å². The van der Waals surface area contributed by atoms with E-state index in [1.807, 2.05) is 0 Å². The second-order valence-corrected chi connectivity index (χ2v) is 5.78. The molecule has 2 aromatic rings. The fourth-order valence-corrected chi connectivity index (χ4v) is 3.42. The molecular formula is C18H21NO. The van der Waals surface area contributed by atoms with E-state index in [2.05, 4.69) is 47.8 Å². The predicted octanol–water partition coefficient (Wildman–Crippen LogP) is 3.51. The van der Waals surface area contributed by atoms with E-state index in [4.69, 9.17) is 0 Å². The highest BCUT2D eigenvalue weighted by Crippen LogP contribution is 2.33. The van der Waals surface area contributed by atoms with Gasteiger partial charge >= 0.3 is 0 Å². The number of Topliss-reactive ketones (excluding diaryl/α,β-unsaturated/α-hetero) is 1. The maximum Gasteiger partial charge on any atom is 0.137 e. The third kappa shape index (κ3) is 2.61. The highest BCUT2D eigenvalue weighted by atomic mass is 16.1. The van der Waals surface area contributed by atoms with Crippen molar-refractivity contribution in [1.82, 2.24) is 5.32 Å². The Hall–Kier alpha value is -1.67. The van der Waals surface area contributed by atoms with E-state index in [1.165, 1.54) is 16.3 Å². The number of hydrogen-bond acceptors (Lipinski definition) is 2. The summed E-state index contributed by atoms with van der Waals surface area (Å²) in [5.41, 5.74) is 1.18. The molecule has 2 aromatic carbocycles. The summed E-state index contributed by atoms with van der Waals surface area (Å²) in [5.74, 6) is 0.837. The molecule has 0 radical (unpaired) electrons. The summed E-state index contributed by atoms with van der Waals surface area (Å²) in [6.07, 6.45) is 2.19. The number of fused-ring (bicyclic) bond motifs is 1. The monoisotopic (exact) mass is 267 g/mol. The molecule has 0 saturated carbocycles. The van der Waals surface area contributed by atoms with E-state index in [0.29, 0.717) is 11.7 Å². The summed E-state index contributed by atoms with van der Waals surface area (Å²) in [4.78, 5) is 12.2. The normalized spacial score (nSPS) is 18.1. The van der Waals surface area contributed by atoms with Gasteiger partial charge in [-0.05, 0) is 55.1 Å². The number of rotatable bonds is 3. The average molecular weight is 267 g/mol. The Morgan fingerprint density at radius 2 is 1.80 bits per heavy atom. The second kappa shape index (κ2) is 5.76. The maximum absolute atomic E-state index is 12.2. The molecule has 1 atom stereocenters. The molecule has 0 aromatic heterocycles. The Morgan fingerprint density at radius 3 is 2.50 bits per heavy atom.